The number of halogens is 2. The van der Waals surface area contributed by atoms with E-state index >= 15 is 0 Å². The van der Waals surface area contributed by atoms with Crippen molar-refractivity contribution in [3.05, 3.63) is 28.0 Å². The van der Waals surface area contributed by atoms with E-state index in [0.717, 1.165) is 4.90 Å². The maximum absolute atomic E-state index is 12.2. The number of aliphatic carboxylic acids is 1. The molecule has 0 bridgehead atoms. The molecular formula is C11H10Cl2N2O4. The Bertz CT molecular complexity index is 537. The third-order valence-corrected chi connectivity index (χ3v) is 3.36. The van der Waals surface area contributed by atoms with Crippen LogP contribution >= 0.6 is 23.2 Å². The van der Waals surface area contributed by atoms with Crippen molar-refractivity contribution in [3.8, 4) is 0 Å². The maximum Gasteiger partial charge on any atom is 0.326 e. The summed E-state index contributed by atoms with van der Waals surface area (Å²) in [5.74, 6) is -1.83. The first-order valence-electron chi connectivity index (χ1n) is 5.44. The average molecular weight is 305 g/mol. The molecule has 0 spiro atoms. The van der Waals surface area contributed by atoms with Crippen LogP contribution in [0.25, 0.3) is 0 Å². The second-order valence-electron chi connectivity index (χ2n) is 4.17. The van der Waals surface area contributed by atoms with Crippen LogP contribution in [0.15, 0.2) is 12.1 Å². The summed E-state index contributed by atoms with van der Waals surface area (Å²) < 4.78 is 0. The van der Waals surface area contributed by atoms with Crippen molar-refractivity contribution in [1.82, 2.24) is 9.88 Å². The highest BCUT2D eigenvalue weighted by molar-refractivity contribution is 6.34. The molecule has 1 aliphatic heterocycles. The van der Waals surface area contributed by atoms with Crippen LogP contribution in [-0.2, 0) is 4.79 Å². The highest BCUT2D eigenvalue weighted by atomic mass is 35.5. The van der Waals surface area contributed by atoms with Gasteiger partial charge >= 0.3 is 5.97 Å². The summed E-state index contributed by atoms with van der Waals surface area (Å²) in [5.41, 5.74) is -0.116. The van der Waals surface area contributed by atoms with Gasteiger partial charge in [0.15, 0.2) is 0 Å². The number of rotatable bonds is 2. The largest absolute Gasteiger partial charge is 0.480 e. The topological polar surface area (TPSA) is 90.7 Å². The number of hydrogen-bond acceptors (Lipinski definition) is 4. The molecule has 2 N–H and O–H groups in total. The van der Waals surface area contributed by atoms with Gasteiger partial charge in [-0.25, -0.2) is 9.78 Å². The second kappa shape index (κ2) is 5.32. The highest BCUT2D eigenvalue weighted by Crippen LogP contribution is 2.24. The van der Waals surface area contributed by atoms with Crippen molar-refractivity contribution < 1.29 is 19.8 Å². The Morgan fingerprint density at radius 3 is 2.68 bits per heavy atom. The normalized spacial score (nSPS) is 22.6. The molecule has 1 aliphatic rings. The first-order valence-corrected chi connectivity index (χ1v) is 6.19. The van der Waals surface area contributed by atoms with Crippen LogP contribution in [0.5, 0.6) is 0 Å². The van der Waals surface area contributed by atoms with Crippen molar-refractivity contribution in [2.75, 3.05) is 6.54 Å². The van der Waals surface area contributed by atoms with Gasteiger partial charge in [0.05, 0.1) is 11.1 Å². The van der Waals surface area contributed by atoms with Crippen LogP contribution in [0.4, 0.5) is 0 Å². The lowest BCUT2D eigenvalue weighted by Crippen LogP contribution is -2.41. The minimum atomic E-state index is -1.18. The van der Waals surface area contributed by atoms with E-state index < -0.39 is 24.0 Å². The summed E-state index contributed by atoms with van der Waals surface area (Å²) in [6.45, 7) is -0.0691. The summed E-state index contributed by atoms with van der Waals surface area (Å²) in [7, 11) is 0. The molecule has 0 aliphatic carbocycles. The van der Waals surface area contributed by atoms with Crippen LogP contribution in [0, 0.1) is 0 Å². The Balaban J connectivity index is 2.33. The van der Waals surface area contributed by atoms with Crippen LogP contribution in [0.1, 0.15) is 16.9 Å². The van der Waals surface area contributed by atoms with E-state index in [2.05, 4.69) is 4.98 Å². The average Bonchev–Trinajstić information content (AvgIpc) is 2.74. The number of β-amino-alcohol motifs (C(OH)–C–C–N with tert-alkyl or cyclic N) is 1. The van der Waals surface area contributed by atoms with Gasteiger partial charge in [0.25, 0.3) is 5.91 Å². The second-order valence-corrected chi connectivity index (χ2v) is 4.96. The van der Waals surface area contributed by atoms with Crippen LogP contribution in [0.3, 0.4) is 0 Å². The Kier molecular flexibility index (Phi) is 3.93. The number of aliphatic hydroxyl groups is 1. The standard InChI is InChI=1S/C11H10Cl2N2O4/c12-6-1-2-8(13)14-9(6)10(17)15-4-5(16)3-7(15)11(18)19/h1-2,5,7,16H,3-4H2,(H,18,19)/t5-,7-/m1/s1. The zero-order valence-corrected chi connectivity index (χ0v) is 11.1. The zero-order valence-electron chi connectivity index (χ0n) is 9.58. The highest BCUT2D eigenvalue weighted by Gasteiger charge is 2.40. The molecule has 2 heterocycles. The van der Waals surface area contributed by atoms with Gasteiger partial charge < -0.3 is 15.1 Å². The smallest absolute Gasteiger partial charge is 0.326 e. The number of likely N-dealkylation sites (tertiary alicyclic amines) is 1. The van der Waals surface area contributed by atoms with E-state index in [1.165, 1.54) is 12.1 Å². The summed E-state index contributed by atoms with van der Waals surface area (Å²) in [5, 5.41) is 18.7. The Labute approximate surface area is 118 Å². The van der Waals surface area contributed by atoms with E-state index in [0.29, 0.717) is 0 Å². The number of pyridine rings is 1. The van der Waals surface area contributed by atoms with Crippen LogP contribution in [0.2, 0.25) is 10.2 Å². The molecule has 102 valence electrons. The molecule has 0 unspecified atom stereocenters. The van der Waals surface area contributed by atoms with Gasteiger partial charge in [0, 0.05) is 13.0 Å². The zero-order chi connectivity index (χ0) is 14.2. The number of nitrogens with zero attached hydrogens (tertiary/aromatic N) is 2. The lowest BCUT2D eigenvalue weighted by molar-refractivity contribution is -0.141. The Hall–Kier alpha value is -1.37. The molecule has 1 saturated heterocycles. The molecular weight excluding hydrogens is 295 g/mol. The van der Waals surface area contributed by atoms with Crippen LogP contribution < -0.4 is 0 Å². The molecule has 0 aromatic carbocycles. The van der Waals surface area contributed by atoms with Gasteiger partial charge in [0.2, 0.25) is 0 Å². The number of hydrogen-bond donors (Lipinski definition) is 2. The van der Waals surface area contributed by atoms with Crippen LogP contribution in [-0.4, -0.2) is 50.7 Å². The lowest BCUT2D eigenvalue weighted by atomic mass is 10.2. The first kappa shape index (κ1) is 14.0. The van der Waals surface area contributed by atoms with Gasteiger partial charge in [0.1, 0.15) is 16.9 Å². The van der Waals surface area contributed by atoms with E-state index in [1.807, 2.05) is 0 Å². The molecule has 2 rings (SSSR count). The fourth-order valence-corrected chi connectivity index (χ4v) is 2.31. The third kappa shape index (κ3) is 2.80. The van der Waals surface area contributed by atoms with Gasteiger partial charge in [-0.15, -0.1) is 0 Å². The SMILES string of the molecule is O=C(O)[C@H]1C[C@@H](O)CN1C(=O)c1nc(Cl)ccc1Cl. The van der Waals surface area contributed by atoms with E-state index in [-0.39, 0.29) is 28.8 Å². The molecule has 1 fully saturated rings. The van der Waals surface area contributed by atoms with Crippen molar-refractivity contribution in [1.29, 1.82) is 0 Å². The Morgan fingerprint density at radius 2 is 2.05 bits per heavy atom. The van der Waals surface area contributed by atoms with E-state index in [1.54, 1.807) is 0 Å². The lowest BCUT2D eigenvalue weighted by Gasteiger charge is -2.21. The number of carboxylic acid groups (broad SMARTS) is 1. The minimum Gasteiger partial charge on any atom is -0.480 e. The summed E-state index contributed by atoms with van der Waals surface area (Å²) in [6, 6.07) is 1.75. The quantitative estimate of drug-likeness (QED) is 0.797. The summed E-state index contributed by atoms with van der Waals surface area (Å²) in [6.07, 6.45) is -0.887. The molecule has 1 amide bonds. The van der Waals surface area contributed by atoms with E-state index in [9.17, 15) is 14.7 Å². The van der Waals surface area contributed by atoms with Crippen molar-refractivity contribution >= 4 is 35.1 Å². The van der Waals surface area contributed by atoms with E-state index in [4.69, 9.17) is 28.3 Å². The molecule has 8 heteroatoms. The fraction of sp³-hybridized carbons (Fsp3) is 0.364. The van der Waals surface area contributed by atoms with Gasteiger partial charge in [-0.3, -0.25) is 4.79 Å². The number of aliphatic hydroxyl groups excluding tert-OH is 1. The molecule has 1 aromatic heterocycles. The predicted molar refractivity (Wildman–Crippen MR) is 67.3 cm³/mol. The molecule has 0 saturated carbocycles. The molecule has 2 atom stereocenters. The number of carboxylic acids is 1. The molecule has 0 radical (unpaired) electrons. The fourth-order valence-electron chi connectivity index (χ4n) is 1.98. The third-order valence-electron chi connectivity index (χ3n) is 2.84. The van der Waals surface area contributed by atoms with Crippen molar-refractivity contribution in [3.63, 3.8) is 0 Å². The number of carbonyl (C=O) groups is 2. The molecule has 1 aromatic rings. The van der Waals surface area contributed by atoms with Gasteiger partial charge in [-0.05, 0) is 12.1 Å². The predicted octanol–water partition coefficient (Wildman–Crippen LogP) is 1.05. The Morgan fingerprint density at radius 1 is 1.37 bits per heavy atom. The number of aromatic nitrogens is 1. The number of carbonyl (C=O) groups excluding carboxylic acids is 1. The monoisotopic (exact) mass is 304 g/mol. The maximum atomic E-state index is 12.2. The number of amides is 1. The molecule has 6 nitrogen and oxygen atoms in total. The minimum absolute atomic E-state index is 0.0146. The summed E-state index contributed by atoms with van der Waals surface area (Å²) >= 11 is 11.5. The molecule has 19 heavy (non-hydrogen) atoms. The van der Waals surface area contributed by atoms with Crippen molar-refractivity contribution in [2.24, 2.45) is 0 Å². The van der Waals surface area contributed by atoms with Gasteiger partial charge in [-0.1, -0.05) is 23.2 Å². The van der Waals surface area contributed by atoms with Crippen molar-refractivity contribution in [2.45, 2.75) is 18.6 Å². The first-order chi connectivity index (χ1) is 8.90. The summed E-state index contributed by atoms with van der Waals surface area (Å²) in [4.78, 5) is 28.1. The van der Waals surface area contributed by atoms with Gasteiger partial charge in [-0.2, -0.15) is 0 Å².